The van der Waals surface area contributed by atoms with E-state index in [0.717, 1.165) is 38.8 Å². The third kappa shape index (κ3) is 4.93. The average molecular weight is 362 g/mol. The number of amides is 2. The summed E-state index contributed by atoms with van der Waals surface area (Å²) in [4.78, 5) is 37.2. The van der Waals surface area contributed by atoms with Crippen LogP contribution in [-0.4, -0.2) is 42.4 Å². The number of nitro groups is 1. The highest BCUT2D eigenvalue weighted by atomic mass is 16.6. The van der Waals surface area contributed by atoms with Gasteiger partial charge in [0.1, 0.15) is 11.7 Å². The van der Waals surface area contributed by atoms with Gasteiger partial charge < -0.3 is 15.5 Å². The fourth-order valence-corrected chi connectivity index (χ4v) is 3.06. The van der Waals surface area contributed by atoms with Crippen molar-refractivity contribution in [1.29, 1.82) is 0 Å². The number of nitro benzene ring substituents is 1. The van der Waals surface area contributed by atoms with Crippen molar-refractivity contribution in [3.05, 3.63) is 33.9 Å². The number of likely N-dealkylation sites (N-methyl/N-ethyl adjacent to an activating group) is 1. The smallest absolute Gasteiger partial charge is 0.293 e. The van der Waals surface area contributed by atoms with Gasteiger partial charge in [-0.05, 0) is 38.8 Å². The topological polar surface area (TPSA) is 105 Å². The molecule has 2 amide bonds. The third-order valence-electron chi connectivity index (χ3n) is 4.47. The van der Waals surface area contributed by atoms with Gasteiger partial charge in [0.2, 0.25) is 5.91 Å². The number of benzene rings is 1. The number of hydrogen-bond acceptors (Lipinski definition) is 5. The second-order valence-electron chi connectivity index (χ2n) is 6.45. The van der Waals surface area contributed by atoms with Crippen molar-refractivity contribution >= 4 is 23.2 Å². The summed E-state index contributed by atoms with van der Waals surface area (Å²) >= 11 is 0. The van der Waals surface area contributed by atoms with Gasteiger partial charge in [-0.25, -0.2) is 0 Å². The van der Waals surface area contributed by atoms with Crippen molar-refractivity contribution in [2.75, 3.05) is 24.5 Å². The Morgan fingerprint density at radius 3 is 2.46 bits per heavy atom. The molecular weight excluding hydrogens is 336 g/mol. The van der Waals surface area contributed by atoms with Gasteiger partial charge in [-0.3, -0.25) is 19.7 Å². The van der Waals surface area contributed by atoms with Gasteiger partial charge in [0.25, 0.3) is 11.6 Å². The first-order valence-electron chi connectivity index (χ1n) is 9.06. The van der Waals surface area contributed by atoms with E-state index < -0.39 is 16.9 Å². The Morgan fingerprint density at radius 2 is 1.88 bits per heavy atom. The zero-order valence-corrected chi connectivity index (χ0v) is 15.3. The molecule has 1 aromatic rings. The van der Waals surface area contributed by atoms with Crippen LogP contribution in [0.15, 0.2) is 18.2 Å². The zero-order chi connectivity index (χ0) is 19.1. The van der Waals surface area contributed by atoms with Gasteiger partial charge >= 0.3 is 0 Å². The van der Waals surface area contributed by atoms with E-state index in [1.165, 1.54) is 6.07 Å². The molecule has 2 N–H and O–H groups in total. The lowest BCUT2D eigenvalue weighted by molar-refractivity contribution is -0.384. The highest BCUT2D eigenvalue weighted by molar-refractivity contribution is 5.98. The highest BCUT2D eigenvalue weighted by Crippen LogP contribution is 2.31. The summed E-state index contributed by atoms with van der Waals surface area (Å²) in [5, 5.41) is 16.7. The van der Waals surface area contributed by atoms with Gasteiger partial charge in [-0.15, -0.1) is 0 Å². The number of hydrogen-bond donors (Lipinski definition) is 2. The number of carbonyl (C=O) groups excluding carboxylic acids is 2. The van der Waals surface area contributed by atoms with Gasteiger partial charge in [-0.2, -0.15) is 0 Å². The van der Waals surface area contributed by atoms with Crippen LogP contribution >= 0.6 is 0 Å². The molecule has 1 saturated heterocycles. The van der Waals surface area contributed by atoms with E-state index in [0.29, 0.717) is 12.2 Å². The molecule has 0 bridgehead atoms. The number of anilines is 1. The first-order valence-corrected chi connectivity index (χ1v) is 9.06. The predicted molar refractivity (Wildman–Crippen MR) is 99.4 cm³/mol. The molecule has 1 atom stereocenters. The van der Waals surface area contributed by atoms with E-state index in [4.69, 9.17) is 0 Å². The first kappa shape index (κ1) is 19.7. The molecule has 2 rings (SSSR count). The molecule has 8 nitrogen and oxygen atoms in total. The van der Waals surface area contributed by atoms with Crippen molar-refractivity contribution in [2.45, 2.75) is 45.6 Å². The maximum Gasteiger partial charge on any atom is 0.293 e. The summed E-state index contributed by atoms with van der Waals surface area (Å²) in [5.41, 5.74) is 0.641. The molecule has 0 saturated carbocycles. The van der Waals surface area contributed by atoms with Crippen LogP contribution < -0.4 is 15.5 Å². The molecule has 1 heterocycles. The lowest BCUT2D eigenvalue weighted by atomic mass is 10.1. The lowest BCUT2D eigenvalue weighted by Gasteiger charge is -2.22. The van der Waals surface area contributed by atoms with E-state index in [1.54, 1.807) is 26.0 Å². The molecule has 0 aliphatic carbocycles. The summed E-state index contributed by atoms with van der Waals surface area (Å²) in [5.74, 6) is -0.800. The maximum absolute atomic E-state index is 12.4. The van der Waals surface area contributed by atoms with Crippen LogP contribution in [0.25, 0.3) is 0 Å². The number of nitrogens with one attached hydrogen (secondary N) is 2. The zero-order valence-electron chi connectivity index (χ0n) is 15.3. The van der Waals surface area contributed by atoms with E-state index in [1.807, 2.05) is 4.90 Å². The predicted octanol–water partition coefficient (Wildman–Crippen LogP) is 2.23. The third-order valence-corrected chi connectivity index (χ3v) is 4.47. The Morgan fingerprint density at radius 1 is 1.23 bits per heavy atom. The summed E-state index contributed by atoms with van der Waals surface area (Å²) in [7, 11) is 0. The van der Waals surface area contributed by atoms with Crippen LogP contribution in [0.1, 0.15) is 49.9 Å². The fraction of sp³-hybridized carbons (Fsp3) is 0.556. The van der Waals surface area contributed by atoms with Gasteiger partial charge in [0.05, 0.1) is 4.92 Å². The van der Waals surface area contributed by atoms with Crippen molar-refractivity contribution in [3.63, 3.8) is 0 Å². The lowest BCUT2D eigenvalue weighted by Crippen LogP contribution is -2.44. The fourth-order valence-electron chi connectivity index (χ4n) is 3.06. The largest absolute Gasteiger partial charge is 0.366 e. The summed E-state index contributed by atoms with van der Waals surface area (Å²) in [6, 6.07) is 3.79. The van der Waals surface area contributed by atoms with Crippen LogP contribution in [0, 0.1) is 10.1 Å². The molecule has 1 fully saturated rings. The molecule has 142 valence electrons. The molecule has 0 spiro atoms. The molecule has 1 aliphatic heterocycles. The SMILES string of the molecule is CCNC(=O)[C@H](C)NC(=O)c1ccc(N2CCCCCC2)c([N+](=O)[O-])c1. The van der Waals surface area contributed by atoms with Crippen molar-refractivity contribution in [2.24, 2.45) is 0 Å². The average Bonchev–Trinajstić information content (AvgIpc) is 2.90. The molecule has 1 aliphatic rings. The number of nitrogens with zero attached hydrogens (tertiary/aromatic N) is 2. The van der Waals surface area contributed by atoms with Crippen LogP contribution in [0.2, 0.25) is 0 Å². The Balaban J connectivity index is 2.20. The molecule has 0 radical (unpaired) electrons. The van der Waals surface area contributed by atoms with Crippen LogP contribution in [0.5, 0.6) is 0 Å². The van der Waals surface area contributed by atoms with Gasteiger partial charge in [0, 0.05) is 31.3 Å². The Labute approximate surface area is 153 Å². The van der Waals surface area contributed by atoms with E-state index in [9.17, 15) is 19.7 Å². The second-order valence-corrected chi connectivity index (χ2v) is 6.45. The molecular formula is C18H26N4O4. The van der Waals surface area contributed by atoms with Crippen molar-refractivity contribution < 1.29 is 14.5 Å². The van der Waals surface area contributed by atoms with Crippen LogP contribution in [0.3, 0.4) is 0 Å². The second kappa shape index (κ2) is 9.17. The molecule has 8 heteroatoms. The van der Waals surface area contributed by atoms with E-state index >= 15 is 0 Å². The Hall–Kier alpha value is -2.64. The minimum Gasteiger partial charge on any atom is -0.366 e. The monoisotopic (exact) mass is 362 g/mol. The standard InChI is InChI=1S/C18H26N4O4/c1-3-19-17(23)13(2)20-18(24)14-8-9-15(16(12-14)22(25)26)21-10-6-4-5-7-11-21/h8-9,12-13H,3-7,10-11H2,1-2H3,(H,19,23)(H,20,24)/t13-/m0/s1. The van der Waals surface area contributed by atoms with Crippen molar-refractivity contribution in [1.82, 2.24) is 10.6 Å². The minimum absolute atomic E-state index is 0.0785. The maximum atomic E-state index is 12.4. The van der Waals surface area contributed by atoms with Crippen molar-refractivity contribution in [3.8, 4) is 0 Å². The molecule has 0 unspecified atom stereocenters. The van der Waals surface area contributed by atoms with Crippen LogP contribution in [-0.2, 0) is 4.79 Å². The number of rotatable bonds is 6. The Kier molecular flexibility index (Phi) is 6.94. The summed E-state index contributed by atoms with van der Waals surface area (Å²) < 4.78 is 0. The molecule has 26 heavy (non-hydrogen) atoms. The van der Waals surface area contributed by atoms with Crippen LogP contribution in [0.4, 0.5) is 11.4 Å². The van der Waals surface area contributed by atoms with E-state index in [-0.39, 0.29) is 17.2 Å². The summed E-state index contributed by atoms with van der Waals surface area (Å²) in [6.07, 6.45) is 4.26. The summed E-state index contributed by atoms with van der Waals surface area (Å²) in [6.45, 7) is 5.39. The van der Waals surface area contributed by atoms with Gasteiger partial charge in [-0.1, -0.05) is 12.8 Å². The molecule has 1 aromatic carbocycles. The van der Waals surface area contributed by atoms with Gasteiger partial charge in [0.15, 0.2) is 0 Å². The van der Waals surface area contributed by atoms with E-state index in [2.05, 4.69) is 10.6 Å². The first-order chi connectivity index (χ1) is 12.4. The highest BCUT2D eigenvalue weighted by Gasteiger charge is 2.23. The number of carbonyl (C=O) groups is 2. The molecule has 0 aromatic heterocycles. The quantitative estimate of drug-likeness (QED) is 0.596. The normalized spacial score (nSPS) is 15.7. The minimum atomic E-state index is -0.716. The Bertz CT molecular complexity index is 669.